The average Bonchev–Trinajstić information content (AvgIpc) is 2.60. The molecular formula is C24H72N4Si14. The molecule has 10 radical (unpaired) electrons. The molecule has 0 atom stereocenters. The van der Waals surface area contributed by atoms with Crippen LogP contribution in [-0.4, -0.2) is 133 Å². The largest absolute Gasteiger partial charge is 0.373 e. The molecule has 0 aromatic rings. The second kappa shape index (κ2) is 15.2. The Morgan fingerprint density at radius 2 is 0.333 bits per heavy atom. The van der Waals surface area contributed by atoms with E-state index in [0.717, 1.165) is 36.8 Å². The molecular weight excluding hydrogens is 737 g/mol. The van der Waals surface area contributed by atoms with Gasteiger partial charge in [-0.3, -0.25) is 0 Å². The van der Waals surface area contributed by atoms with Gasteiger partial charge in [0.25, 0.3) is 0 Å². The Hall–Kier alpha value is 2.88. The lowest BCUT2D eigenvalue weighted by Gasteiger charge is -2.52. The fraction of sp³-hybridized carbons (Fsp3) is 1.00. The zero-order valence-electron chi connectivity index (χ0n) is 32.8. The molecule has 42 heavy (non-hydrogen) atoms. The Morgan fingerprint density at radius 3 is 0.405 bits per heavy atom. The van der Waals surface area contributed by atoms with Gasteiger partial charge >= 0.3 is 0 Å². The van der Waals surface area contributed by atoms with Crippen molar-refractivity contribution in [2.45, 2.75) is 157 Å². The summed E-state index contributed by atoms with van der Waals surface area (Å²) in [5.41, 5.74) is 0. The van der Waals surface area contributed by atoms with E-state index < -0.39 is 80.6 Å². The lowest BCUT2D eigenvalue weighted by Crippen LogP contribution is -2.78. The van der Waals surface area contributed by atoms with Crippen molar-refractivity contribution in [3.05, 3.63) is 0 Å². The molecule has 0 aliphatic heterocycles. The molecule has 0 aliphatic carbocycles. The molecule has 0 bridgehead atoms. The molecule has 0 saturated heterocycles. The predicted octanol–water partition coefficient (Wildman–Crippen LogP) is 7.41. The maximum Gasteiger partial charge on any atom is 0.105 e. The van der Waals surface area contributed by atoms with Crippen LogP contribution in [-0.2, 0) is 0 Å². The van der Waals surface area contributed by atoms with E-state index in [2.05, 4.69) is 173 Å². The normalized spacial score (nSPS) is 15.9. The van der Waals surface area contributed by atoms with Gasteiger partial charge in [-0.15, -0.1) is 0 Å². The molecule has 0 aromatic heterocycles. The van der Waals surface area contributed by atoms with E-state index in [1.54, 1.807) is 0 Å². The van der Waals surface area contributed by atoms with Crippen LogP contribution in [0.15, 0.2) is 0 Å². The van der Waals surface area contributed by atoms with E-state index in [0.29, 0.717) is 0 Å². The summed E-state index contributed by atoms with van der Waals surface area (Å²) < 4.78 is 13.0. The summed E-state index contributed by atoms with van der Waals surface area (Å²) in [7, 11) is -8.06. The van der Waals surface area contributed by atoms with Gasteiger partial charge in [-0.2, -0.15) is 0 Å². The van der Waals surface area contributed by atoms with Gasteiger partial charge in [0.15, 0.2) is 0 Å². The molecule has 0 amide bonds. The molecule has 0 aliphatic rings. The molecule has 18 heteroatoms. The summed E-state index contributed by atoms with van der Waals surface area (Å²) in [4.78, 5) is 0. The molecule has 0 rings (SSSR count). The lowest BCUT2D eigenvalue weighted by molar-refractivity contribution is 0.955. The minimum absolute atomic E-state index is 0.560. The summed E-state index contributed by atoms with van der Waals surface area (Å²) in [5, 5.41) is 0. The van der Waals surface area contributed by atoms with E-state index in [-0.39, 0.29) is 0 Å². The maximum atomic E-state index is 3.26. The lowest BCUT2D eigenvalue weighted by atomic mass is 11.8. The first-order chi connectivity index (χ1) is 17.9. The Bertz CT molecular complexity index is 643. The van der Waals surface area contributed by atoms with Gasteiger partial charge in [0.05, 0.1) is 14.7 Å². The molecule has 4 nitrogen and oxygen atoms in total. The summed E-state index contributed by atoms with van der Waals surface area (Å²) in [5.74, 6) is 0. The molecule has 0 spiro atoms. The first-order valence-corrected chi connectivity index (χ1v) is 55.3. The van der Waals surface area contributed by atoms with Crippen molar-refractivity contribution in [2.75, 3.05) is 0 Å². The highest BCUT2D eigenvalue weighted by atomic mass is 30.1. The van der Waals surface area contributed by atoms with Gasteiger partial charge in [-0.25, -0.2) is 0 Å². The van der Waals surface area contributed by atoms with Gasteiger partial charge in [0, 0.05) is 0 Å². The minimum atomic E-state index is -1.43. The van der Waals surface area contributed by atoms with E-state index in [9.17, 15) is 0 Å². The standard InChI is InChI=1S/C24H72N4Si14/c1-35(2,3)25(36(4,5)6)29-33(30-26(37(7,8)9)38(10,11)12)34(31-27(39(13,14)15)40(16,17)18)32-28(41(19,20)21)42(22,23)24/h1-24H3. The first kappa shape index (κ1) is 44.9. The van der Waals surface area contributed by atoms with E-state index >= 15 is 0 Å². The van der Waals surface area contributed by atoms with Crippen molar-refractivity contribution in [1.29, 1.82) is 0 Å². The average molecular weight is 810 g/mol. The summed E-state index contributed by atoms with van der Waals surface area (Å²) in [6.07, 6.45) is 0. The van der Waals surface area contributed by atoms with Crippen molar-refractivity contribution in [3.63, 3.8) is 0 Å². The number of rotatable bonds is 17. The van der Waals surface area contributed by atoms with Crippen molar-refractivity contribution in [1.82, 2.24) is 15.6 Å². The maximum absolute atomic E-state index is 3.26. The second-order valence-electron chi connectivity index (χ2n) is 19.9. The highest BCUT2D eigenvalue weighted by Crippen LogP contribution is 2.26. The van der Waals surface area contributed by atoms with Crippen molar-refractivity contribution in [3.8, 4) is 0 Å². The minimum Gasteiger partial charge on any atom is -0.373 e. The van der Waals surface area contributed by atoms with Crippen LogP contribution in [0.1, 0.15) is 0 Å². The third-order valence-corrected chi connectivity index (χ3v) is 92.7. The highest BCUT2D eigenvalue weighted by Gasteiger charge is 2.48. The molecule has 0 N–H and O–H groups in total. The van der Waals surface area contributed by atoms with Crippen LogP contribution in [0.2, 0.25) is 157 Å². The van der Waals surface area contributed by atoms with Gasteiger partial charge in [0.2, 0.25) is 0 Å². The summed E-state index contributed by atoms with van der Waals surface area (Å²) >= 11 is 0. The highest BCUT2D eigenvalue weighted by molar-refractivity contribution is 7.84. The van der Waals surface area contributed by atoms with E-state index in [4.69, 9.17) is 0 Å². The molecule has 0 unspecified atom stereocenters. The van der Waals surface area contributed by atoms with Gasteiger partial charge in [0.1, 0.15) is 103 Å². The van der Waals surface area contributed by atoms with Crippen molar-refractivity contribution < 1.29 is 0 Å². The Labute approximate surface area is 287 Å². The third kappa shape index (κ3) is 15.0. The SMILES string of the molecule is C[Si](C)(C)N([Si][Si]([Si]N([Si](C)(C)C)[Si](C)(C)C)[Si]([Si]N([Si](C)(C)C)[Si](C)(C)C)[Si]N([Si](C)(C)C)[Si](C)(C)C)[Si](C)(C)C. The third-order valence-electron chi connectivity index (χ3n) is 6.51. The zero-order chi connectivity index (χ0) is 34.3. The Balaban J connectivity index is 7.57. The fourth-order valence-corrected chi connectivity index (χ4v) is 128. The molecule has 0 aromatic carbocycles. The first-order valence-electron chi connectivity index (χ1n) is 15.9. The van der Waals surface area contributed by atoms with Crippen LogP contribution in [0.3, 0.4) is 0 Å². The van der Waals surface area contributed by atoms with Crippen LogP contribution in [0.5, 0.6) is 0 Å². The van der Waals surface area contributed by atoms with Crippen LogP contribution in [0, 0.1) is 0 Å². The van der Waals surface area contributed by atoms with Crippen molar-refractivity contribution in [2.24, 2.45) is 0 Å². The van der Waals surface area contributed by atoms with Crippen LogP contribution in [0.4, 0.5) is 0 Å². The predicted molar refractivity (Wildman–Crippen MR) is 229 cm³/mol. The number of nitrogens with zero attached hydrogens (tertiary/aromatic N) is 4. The summed E-state index contributed by atoms with van der Waals surface area (Å²) in [6, 6.07) is 0. The number of hydrogen-bond donors (Lipinski definition) is 0. The quantitative estimate of drug-likeness (QED) is 0.142. The van der Waals surface area contributed by atoms with Gasteiger partial charge in [-0.05, 0) is 0 Å². The topological polar surface area (TPSA) is 13.0 Å². The Kier molecular flexibility index (Phi) is 16.2. The summed E-state index contributed by atoms with van der Waals surface area (Å²) in [6.45, 7) is 64.0. The van der Waals surface area contributed by atoms with E-state index in [1.165, 1.54) is 0 Å². The van der Waals surface area contributed by atoms with Crippen molar-refractivity contribution >= 4 is 117 Å². The van der Waals surface area contributed by atoms with Crippen LogP contribution >= 0.6 is 0 Å². The molecule has 244 valence electrons. The molecule has 0 fully saturated rings. The zero-order valence-corrected chi connectivity index (χ0v) is 46.8. The van der Waals surface area contributed by atoms with Gasteiger partial charge in [-0.1, -0.05) is 157 Å². The smallest absolute Gasteiger partial charge is 0.105 e. The van der Waals surface area contributed by atoms with E-state index in [1.807, 2.05) is 0 Å². The van der Waals surface area contributed by atoms with Gasteiger partial charge < -0.3 is 15.6 Å². The second-order valence-corrected chi connectivity index (χ2v) is 88.4. The fourth-order valence-electron chi connectivity index (χ4n) is 6.09. The molecule has 0 heterocycles. The van der Waals surface area contributed by atoms with Crippen LogP contribution < -0.4 is 0 Å². The monoisotopic (exact) mass is 808 g/mol. The molecule has 0 saturated carbocycles. The van der Waals surface area contributed by atoms with Crippen LogP contribution in [0.25, 0.3) is 0 Å². The number of hydrogen-bond acceptors (Lipinski definition) is 4. The Morgan fingerprint density at radius 1 is 0.238 bits per heavy atom.